The van der Waals surface area contributed by atoms with Crippen molar-refractivity contribution in [1.29, 1.82) is 0 Å². The van der Waals surface area contributed by atoms with E-state index in [1.807, 2.05) is 16.5 Å². The van der Waals surface area contributed by atoms with Crippen LogP contribution < -0.4 is 5.56 Å². The molecular weight excluding hydrogens is 316 g/mol. The SMILES string of the molecule is O=c1[nH]ccc2c1c1cnccc1c1nc([C@H]3CC[C@@H](O)CC3)cn21. The largest absolute Gasteiger partial charge is 0.393 e. The molecule has 0 amide bonds. The molecule has 1 aliphatic carbocycles. The summed E-state index contributed by atoms with van der Waals surface area (Å²) in [5, 5.41) is 12.2. The Bertz CT molecular complexity index is 1150. The Morgan fingerprint density at radius 2 is 2.00 bits per heavy atom. The molecule has 0 saturated heterocycles. The molecule has 2 N–H and O–H groups in total. The van der Waals surface area contributed by atoms with Crippen molar-refractivity contribution < 1.29 is 5.11 Å². The molecule has 1 saturated carbocycles. The molecule has 5 rings (SSSR count). The number of H-pyrrole nitrogens is 1. The number of rotatable bonds is 1. The number of aromatic amines is 1. The third-order valence-electron chi connectivity index (χ3n) is 5.37. The van der Waals surface area contributed by atoms with Crippen LogP contribution in [0.4, 0.5) is 0 Å². The number of hydrogen-bond acceptors (Lipinski definition) is 4. The van der Waals surface area contributed by atoms with E-state index < -0.39 is 0 Å². The zero-order valence-electron chi connectivity index (χ0n) is 13.6. The molecule has 0 bridgehead atoms. The van der Waals surface area contributed by atoms with Gasteiger partial charge in [-0.1, -0.05) is 0 Å². The van der Waals surface area contributed by atoms with E-state index >= 15 is 0 Å². The monoisotopic (exact) mass is 334 g/mol. The molecule has 25 heavy (non-hydrogen) atoms. The van der Waals surface area contributed by atoms with Gasteiger partial charge in [-0.25, -0.2) is 4.98 Å². The molecule has 0 radical (unpaired) electrons. The van der Waals surface area contributed by atoms with Crippen molar-refractivity contribution in [3.63, 3.8) is 0 Å². The van der Waals surface area contributed by atoms with E-state index in [-0.39, 0.29) is 11.7 Å². The highest BCUT2D eigenvalue weighted by atomic mass is 16.3. The maximum absolute atomic E-state index is 12.4. The van der Waals surface area contributed by atoms with Gasteiger partial charge in [0.15, 0.2) is 0 Å². The van der Waals surface area contributed by atoms with Gasteiger partial charge in [0.1, 0.15) is 5.65 Å². The van der Waals surface area contributed by atoms with E-state index in [1.165, 1.54) is 0 Å². The first kappa shape index (κ1) is 14.6. The number of aromatic nitrogens is 4. The first-order chi connectivity index (χ1) is 12.2. The zero-order valence-corrected chi connectivity index (χ0v) is 13.6. The Morgan fingerprint density at radius 1 is 1.16 bits per heavy atom. The van der Waals surface area contributed by atoms with Crippen LogP contribution in [0, 0.1) is 0 Å². The van der Waals surface area contributed by atoms with Gasteiger partial charge in [0.2, 0.25) is 0 Å². The highest BCUT2D eigenvalue weighted by Gasteiger charge is 2.24. The topological polar surface area (TPSA) is 83.3 Å². The second-order valence-electron chi connectivity index (χ2n) is 6.85. The fraction of sp³-hybridized carbons (Fsp3) is 0.316. The summed E-state index contributed by atoms with van der Waals surface area (Å²) in [4.78, 5) is 24.3. The molecule has 126 valence electrons. The Kier molecular flexibility index (Phi) is 3.15. The van der Waals surface area contributed by atoms with Gasteiger partial charge in [-0.2, -0.15) is 0 Å². The summed E-state index contributed by atoms with van der Waals surface area (Å²) in [6.45, 7) is 0. The van der Waals surface area contributed by atoms with Crippen molar-refractivity contribution in [2.45, 2.75) is 37.7 Å². The van der Waals surface area contributed by atoms with E-state index in [1.54, 1.807) is 18.6 Å². The fourth-order valence-electron chi connectivity index (χ4n) is 4.06. The molecule has 1 aliphatic rings. The van der Waals surface area contributed by atoms with Crippen LogP contribution in [0.3, 0.4) is 0 Å². The number of fused-ring (bicyclic) bond motifs is 6. The molecule has 4 aromatic heterocycles. The van der Waals surface area contributed by atoms with Crippen molar-refractivity contribution in [3.8, 4) is 0 Å². The van der Waals surface area contributed by atoms with Crippen molar-refractivity contribution in [2.75, 3.05) is 0 Å². The van der Waals surface area contributed by atoms with Crippen LogP contribution in [0.15, 0.2) is 41.7 Å². The molecule has 4 aromatic rings. The molecule has 0 atom stereocenters. The Balaban J connectivity index is 1.83. The average molecular weight is 334 g/mol. The summed E-state index contributed by atoms with van der Waals surface area (Å²) in [6.07, 6.45) is 10.6. The number of hydrogen-bond donors (Lipinski definition) is 2. The number of aliphatic hydroxyl groups is 1. The standard InChI is InChI=1S/C19H18N4O2/c24-12-3-1-11(2-4-12)15-10-23-16-6-8-21-19(25)17(16)14-9-20-7-5-13(14)18(23)22-15/h5-12,24H,1-4H2,(H,21,25)/t11-,12+. The molecule has 6 nitrogen and oxygen atoms in total. The number of aliphatic hydroxyl groups excluding tert-OH is 1. The molecule has 6 heteroatoms. The van der Waals surface area contributed by atoms with Crippen LogP contribution in [0.2, 0.25) is 0 Å². The van der Waals surface area contributed by atoms with Crippen LogP contribution in [0.1, 0.15) is 37.3 Å². The summed E-state index contributed by atoms with van der Waals surface area (Å²) in [6, 6.07) is 3.82. The van der Waals surface area contributed by atoms with Crippen LogP contribution >= 0.6 is 0 Å². The average Bonchev–Trinajstić information content (AvgIpc) is 3.08. The highest BCUT2D eigenvalue weighted by Crippen LogP contribution is 2.34. The molecule has 0 aromatic carbocycles. The molecule has 0 aliphatic heterocycles. The summed E-state index contributed by atoms with van der Waals surface area (Å²) < 4.78 is 2.02. The Hall–Kier alpha value is -2.73. The second kappa shape index (κ2) is 5.39. The van der Waals surface area contributed by atoms with Crippen LogP contribution in [0.25, 0.3) is 27.3 Å². The normalized spacial score (nSPS) is 21.3. The third-order valence-corrected chi connectivity index (χ3v) is 5.37. The van der Waals surface area contributed by atoms with Crippen LogP contribution in [-0.4, -0.2) is 30.6 Å². The smallest absolute Gasteiger partial charge is 0.258 e. The zero-order chi connectivity index (χ0) is 17.0. The summed E-state index contributed by atoms with van der Waals surface area (Å²) in [7, 11) is 0. The third kappa shape index (κ3) is 2.17. The maximum atomic E-state index is 12.4. The van der Waals surface area contributed by atoms with Gasteiger partial charge in [0.25, 0.3) is 5.56 Å². The number of pyridine rings is 3. The second-order valence-corrected chi connectivity index (χ2v) is 6.85. The van der Waals surface area contributed by atoms with Crippen molar-refractivity contribution in [1.82, 2.24) is 19.4 Å². The molecule has 1 fully saturated rings. The summed E-state index contributed by atoms with van der Waals surface area (Å²) in [5.41, 5.74) is 2.62. The minimum Gasteiger partial charge on any atom is -0.393 e. The number of nitrogens with zero attached hydrogens (tertiary/aromatic N) is 3. The van der Waals surface area contributed by atoms with Crippen LogP contribution in [0.5, 0.6) is 0 Å². The van der Waals surface area contributed by atoms with Gasteiger partial charge in [0.05, 0.1) is 22.7 Å². The lowest BCUT2D eigenvalue weighted by atomic mass is 9.86. The first-order valence-corrected chi connectivity index (χ1v) is 8.66. The Morgan fingerprint density at radius 3 is 2.84 bits per heavy atom. The lowest BCUT2D eigenvalue weighted by molar-refractivity contribution is 0.122. The van der Waals surface area contributed by atoms with Gasteiger partial charge in [-0.05, 0) is 37.8 Å². The van der Waals surface area contributed by atoms with E-state index in [9.17, 15) is 9.90 Å². The minimum atomic E-state index is -0.181. The van der Waals surface area contributed by atoms with E-state index in [2.05, 4.69) is 16.2 Å². The van der Waals surface area contributed by atoms with E-state index in [0.717, 1.165) is 53.3 Å². The first-order valence-electron chi connectivity index (χ1n) is 8.66. The lowest BCUT2D eigenvalue weighted by Crippen LogP contribution is -2.17. The Labute approximate surface area is 143 Å². The lowest BCUT2D eigenvalue weighted by Gasteiger charge is -2.23. The molecule has 4 heterocycles. The van der Waals surface area contributed by atoms with E-state index in [4.69, 9.17) is 4.98 Å². The summed E-state index contributed by atoms with van der Waals surface area (Å²) in [5.74, 6) is 0.359. The highest BCUT2D eigenvalue weighted by molar-refractivity contribution is 6.10. The van der Waals surface area contributed by atoms with Crippen molar-refractivity contribution in [3.05, 3.63) is 53.0 Å². The number of nitrogens with one attached hydrogen (secondary N) is 1. The minimum absolute atomic E-state index is 0.117. The number of imidazole rings is 1. The fourth-order valence-corrected chi connectivity index (χ4v) is 4.06. The van der Waals surface area contributed by atoms with Gasteiger partial charge in [-0.15, -0.1) is 0 Å². The predicted octanol–water partition coefficient (Wildman–Crippen LogP) is 2.74. The quantitative estimate of drug-likeness (QED) is 0.524. The van der Waals surface area contributed by atoms with E-state index in [0.29, 0.717) is 11.3 Å². The van der Waals surface area contributed by atoms with Gasteiger partial charge in [0, 0.05) is 41.5 Å². The summed E-state index contributed by atoms with van der Waals surface area (Å²) >= 11 is 0. The molecule has 0 spiro atoms. The maximum Gasteiger partial charge on any atom is 0.258 e. The van der Waals surface area contributed by atoms with Crippen molar-refractivity contribution >= 4 is 27.3 Å². The van der Waals surface area contributed by atoms with Crippen molar-refractivity contribution in [2.24, 2.45) is 0 Å². The van der Waals surface area contributed by atoms with Gasteiger partial charge in [-0.3, -0.25) is 14.2 Å². The molecule has 0 unspecified atom stereocenters. The molecular formula is C19H18N4O2. The predicted molar refractivity (Wildman–Crippen MR) is 95.8 cm³/mol. The van der Waals surface area contributed by atoms with Crippen LogP contribution in [-0.2, 0) is 0 Å². The van der Waals surface area contributed by atoms with Gasteiger partial charge >= 0.3 is 0 Å². The van der Waals surface area contributed by atoms with Gasteiger partial charge < -0.3 is 10.1 Å².